The molecular weight excluding hydrogens is 320 g/mol. The summed E-state index contributed by atoms with van der Waals surface area (Å²) in [6, 6.07) is 2.09. The second-order valence-electron chi connectivity index (χ2n) is 5.82. The number of aliphatic imine (C=N–C) groups is 1. The highest BCUT2D eigenvalue weighted by Crippen LogP contribution is 2.26. The van der Waals surface area contributed by atoms with Gasteiger partial charge in [-0.05, 0) is 43.8 Å². The maximum absolute atomic E-state index is 10.2. The smallest absolute Gasteiger partial charge is 0.191 e. The summed E-state index contributed by atoms with van der Waals surface area (Å²) in [5.41, 5.74) is 2.01. The van der Waals surface area contributed by atoms with Crippen molar-refractivity contribution in [2.45, 2.75) is 51.7 Å². The molecule has 1 unspecified atom stereocenters. The lowest BCUT2D eigenvalue weighted by molar-refractivity contribution is -0.0745. The molecule has 1 N–H and O–H groups in total. The first-order valence-corrected chi connectivity index (χ1v) is 8.95. The SMILES string of the molecule is CCCOCCCOC(O)/C(C#N)=C1\C=C(N=CCCOC)CCC1. The maximum Gasteiger partial charge on any atom is 0.191 e. The number of hydrogen-bond donors (Lipinski definition) is 1. The standard InChI is InChI=1S/C19H30N2O4/c1-3-10-24-12-6-13-25-19(22)18(15-20)16-7-4-8-17(14-16)21-9-5-11-23-2/h9,14,19,22H,3-8,10-13H2,1-2H3/b18-16-,21-9?. The minimum Gasteiger partial charge on any atom is -0.384 e. The van der Waals surface area contributed by atoms with Gasteiger partial charge in [-0.2, -0.15) is 5.26 Å². The van der Waals surface area contributed by atoms with E-state index >= 15 is 0 Å². The number of hydrogen-bond acceptors (Lipinski definition) is 6. The van der Waals surface area contributed by atoms with E-state index in [1.807, 2.05) is 12.3 Å². The quantitative estimate of drug-likeness (QED) is 0.253. The van der Waals surface area contributed by atoms with Crippen LogP contribution in [-0.2, 0) is 14.2 Å². The zero-order valence-corrected chi connectivity index (χ0v) is 15.4. The van der Waals surface area contributed by atoms with E-state index in [9.17, 15) is 10.4 Å². The van der Waals surface area contributed by atoms with Gasteiger partial charge in [0.1, 0.15) is 6.07 Å². The maximum atomic E-state index is 10.2. The number of ether oxygens (including phenoxy) is 3. The van der Waals surface area contributed by atoms with Gasteiger partial charge in [0.15, 0.2) is 6.29 Å². The fraction of sp³-hybridized carbons (Fsp3) is 0.684. The summed E-state index contributed by atoms with van der Waals surface area (Å²) in [5.74, 6) is 0. The average Bonchev–Trinajstić information content (AvgIpc) is 2.63. The predicted molar refractivity (Wildman–Crippen MR) is 97.2 cm³/mol. The third-order valence-corrected chi connectivity index (χ3v) is 3.70. The van der Waals surface area contributed by atoms with Gasteiger partial charge in [0, 0.05) is 38.7 Å². The zero-order valence-electron chi connectivity index (χ0n) is 15.4. The van der Waals surface area contributed by atoms with Crippen molar-refractivity contribution in [1.82, 2.24) is 0 Å². The van der Waals surface area contributed by atoms with Crippen LogP contribution in [0.3, 0.4) is 0 Å². The predicted octanol–water partition coefficient (Wildman–Crippen LogP) is 3.13. The Labute approximate surface area is 150 Å². The van der Waals surface area contributed by atoms with Crippen molar-refractivity contribution in [3.8, 4) is 6.07 Å². The lowest BCUT2D eigenvalue weighted by atomic mass is 9.95. The monoisotopic (exact) mass is 350 g/mol. The Hall–Kier alpha value is -1.52. The highest BCUT2D eigenvalue weighted by molar-refractivity contribution is 5.59. The third kappa shape index (κ3) is 8.94. The second kappa shape index (κ2) is 13.7. The van der Waals surface area contributed by atoms with E-state index in [1.165, 1.54) is 0 Å². The van der Waals surface area contributed by atoms with Crippen LogP contribution in [0.2, 0.25) is 0 Å². The van der Waals surface area contributed by atoms with Crippen LogP contribution in [0.15, 0.2) is 27.9 Å². The van der Waals surface area contributed by atoms with E-state index in [-0.39, 0.29) is 5.57 Å². The Bertz CT molecular complexity index is 506. The van der Waals surface area contributed by atoms with Crippen LogP contribution in [0, 0.1) is 11.3 Å². The van der Waals surface area contributed by atoms with Crippen LogP contribution in [0.4, 0.5) is 0 Å². The van der Waals surface area contributed by atoms with Gasteiger partial charge >= 0.3 is 0 Å². The number of nitrogens with zero attached hydrogens (tertiary/aromatic N) is 2. The van der Waals surface area contributed by atoms with Gasteiger partial charge in [-0.3, -0.25) is 4.99 Å². The number of nitriles is 1. The van der Waals surface area contributed by atoms with Gasteiger partial charge in [-0.15, -0.1) is 0 Å². The number of methoxy groups -OCH3 is 1. The molecule has 0 heterocycles. The Balaban J connectivity index is 2.58. The minimum atomic E-state index is -1.20. The molecule has 1 aliphatic rings. The van der Waals surface area contributed by atoms with Gasteiger partial charge in [0.25, 0.3) is 0 Å². The molecule has 0 saturated carbocycles. The summed E-state index contributed by atoms with van der Waals surface area (Å²) in [4.78, 5) is 4.42. The Morgan fingerprint density at radius 2 is 2.20 bits per heavy atom. The van der Waals surface area contributed by atoms with E-state index in [1.54, 1.807) is 7.11 Å². The summed E-state index contributed by atoms with van der Waals surface area (Å²) in [5, 5.41) is 19.6. The second-order valence-corrected chi connectivity index (χ2v) is 5.82. The summed E-state index contributed by atoms with van der Waals surface area (Å²) < 4.78 is 15.7. The van der Waals surface area contributed by atoms with Crippen LogP contribution in [0.25, 0.3) is 0 Å². The Morgan fingerprint density at radius 3 is 2.92 bits per heavy atom. The molecule has 0 spiro atoms. The Morgan fingerprint density at radius 1 is 1.36 bits per heavy atom. The largest absolute Gasteiger partial charge is 0.384 e. The van der Waals surface area contributed by atoms with Crippen molar-refractivity contribution >= 4 is 6.21 Å². The lowest BCUT2D eigenvalue weighted by Crippen LogP contribution is -2.18. The fourth-order valence-corrected chi connectivity index (χ4v) is 2.44. The van der Waals surface area contributed by atoms with Crippen LogP contribution in [0.5, 0.6) is 0 Å². The molecule has 6 nitrogen and oxygen atoms in total. The highest BCUT2D eigenvalue weighted by Gasteiger charge is 2.18. The molecule has 25 heavy (non-hydrogen) atoms. The van der Waals surface area contributed by atoms with Crippen LogP contribution >= 0.6 is 0 Å². The molecule has 0 aromatic heterocycles. The molecule has 6 heteroatoms. The fourth-order valence-electron chi connectivity index (χ4n) is 2.44. The molecule has 0 aliphatic heterocycles. The van der Waals surface area contributed by atoms with Crippen molar-refractivity contribution in [3.63, 3.8) is 0 Å². The molecule has 0 amide bonds. The normalized spacial score (nSPS) is 18.1. The van der Waals surface area contributed by atoms with E-state index in [2.05, 4.69) is 18.0 Å². The van der Waals surface area contributed by atoms with Crippen molar-refractivity contribution in [2.75, 3.05) is 33.5 Å². The molecule has 0 aromatic rings. The van der Waals surface area contributed by atoms with Crippen LogP contribution in [0.1, 0.15) is 45.4 Å². The van der Waals surface area contributed by atoms with Gasteiger partial charge < -0.3 is 19.3 Å². The van der Waals surface area contributed by atoms with E-state index in [0.717, 1.165) is 50.0 Å². The zero-order chi connectivity index (χ0) is 18.3. The summed E-state index contributed by atoms with van der Waals surface area (Å²) >= 11 is 0. The van der Waals surface area contributed by atoms with E-state index in [0.29, 0.717) is 26.2 Å². The highest BCUT2D eigenvalue weighted by atomic mass is 16.6. The lowest BCUT2D eigenvalue weighted by Gasteiger charge is -2.17. The molecule has 0 radical (unpaired) electrons. The van der Waals surface area contributed by atoms with Gasteiger partial charge in [-0.1, -0.05) is 6.92 Å². The number of allylic oxidation sites excluding steroid dienone is 3. The Kier molecular flexibility index (Phi) is 11.8. The number of rotatable bonds is 12. The molecule has 1 aliphatic carbocycles. The summed E-state index contributed by atoms with van der Waals surface area (Å²) in [7, 11) is 1.66. The molecule has 0 fully saturated rings. The van der Waals surface area contributed by atoms with Gasteiger partial charge in [-0.25, -0.2) is 0 Å². The van der Waals surface area contributed by atoms with E-state index < -0.39 is 6.29 Å². The van der Waals surface area contributed by atoms with Crippen molar-refractivity contribution in [2.24, 2.45) is 4.99 Å². The van der Waals surface area contributed by atoms with Crippen molar-refractivity contribution in [1.29, 1.82) is 5.26 Å². The first-order chi connectivity index (χ1) is 12.2. The van der Waals surface area contributed by atoms with E-state index in [4.69, 9.17) is 14.2 Å². The first kappa shape index (κ1) is 21.5. The molecular formula is C19H30N2O4. The molecule has 1 rings (SSSR count). The van der Waals surface area contributed by atoms with Crippen molar-refractivity contribution < 1.29 is 19.3 Å². The topological polar surface area (TPSA) is 84.1 Å². The molecule has 1 atom stereocenters. The van der Waals surface area contributed by atoms with Gasteiger partial charge in [0.05, 0.1) is 18.8 Å². The number of aliphatic hydroxyl groups is 1. The molecule has 140 valence electrons. The summed E-state index contributed by atoms with van der Waals surface area (Å²) in [6.45, 7) is 4.37. The van der Waals surface area contributed by atoms with Crippen LogP contribution < -0.4 is 0 Å². The third-order valence-electron chi connectivity index (χ3n) is 3.70. The van der Waals surface area contributed by atoms with Crippen LogP contribution in [-0.4, -0.2) is 51.1 Å². The minimum absolute atomic E-state index is 0.277. The van der Waals surface area contributed by atoms with Crippen molar-refractivity contribution in [3.05, 3.63) is 22.9 Å². The summed E-state index contributed by atoms with van der Waals surface area (Å²) in [6.07, 6.45) is 7.48. The molecule has 0 saturated heterocycles. The molecule has 0 aromatic carbocycles. The number of aliphatic hydroxyl groups excluding tert-OH is 1. The average molecular weight is 350 g/mol. The molecule has 0 bridgehead atoms. The van der Waals surface area contributed by atoms with Gasteiger partial charge in [0.2, 0.25) is 0 Å². The first-order valence-electron chi connectivity index (χ1n) is 8.95.